The van der Waals surface area contributed by atoms with Gasteiger partial charge in [-0.1, -0.05) is 188 Å². The Labute approximate surface area is 349 Å². The zero-order valence-corrected chi connectivity index (χ0v) is 32.9. The second-order valence-electron chi connectivity index (χ2n) is 15.3. The Morgan fingerprint density at radius 3 is 1.68 bits per heavy atom. The molecular formula is C58H39NO. The molecular weight excluding hydrogens is 727 g/mol. The molecule has 0 aliphatic heterocycles. The van der Waals surface area contributed by atoms with E-state index in [9.17, 15) is 0 Å². The molecule has 1 heterocycles. The van der Waals surface area contributed by atoms with Gasteiger partial charge < -0.3 is 9.32 Å². The number of fused-ring (bicyclic) bond motifs is 4. The topological polar surface area (TPSA) is 16.4 Å². The standard InChI is InChI=1S/C58H39NO/c1-2-14-40(15-3-1)41-30-32-43(33-31-41)52-23-6-8-27-55(52)59(48-36-34-44(35-37-48)53-26-13-29-57-58(53)54-24-7-9-28-56(54)60-57)49-21-11-19-46(39-49)45-18-10-20-47(38-45)51-25-12-17-42-16-4-5-22-50(42)51/h1-39H. The Balaban J connectivity index is 1.04. The summed E-state index contributed by atoms with van der Waals surface area (Å²) in [6.07, 6.45) is 0. The van der Waals surface area contributed by atoms with Crippen molar-refractivity contribution in [3.63, 3.8) is 0 Å². The van der Waals surface area contributed by atoms with Gasteiger partial charge in [-0.05, 0) is 109 Å². The Morgan fingerprint density at radius 1 is 0.283 bits per heavy atom. The van der Waals surface area contributed by atoms with Crippen LogP contribution < -0.4 is 4.90 Å². The van der Waals surface area contributed by atoms with Gasteiger partial charge in [0.05, 0.1) is 5.69 Å². The first-order valence-corrected chi connectivity index (χ1v) is 20.5. The lowest BCUT2D eigenvalue weighted by molar-refractivity contribution is 0.669. The monoisotopic (exact) mass is 765 g/mol. The van der Waals surface area contributed by atoms with Crippen LogP contribution in [-0.2, 0) is 0 Å². The van der Waals surface area contributed by atoms with E-state index in [4.69, 9.17) is 4.42 Å². The van der Waals surface area contributed by atoms with Crippen molar-refractivity contribution in [2.75, 3.05) is 4.90 Å². The molecule has 0 saturated carbocycles. The van der Waals surface area contributed by atoms with Crippen molar-refractivity contribution in [1.29, 1.82) is 0 Å². The van der Waals surface area contributed by atoms with Crippen molar-refractivity contribution in [2.45, 2.75) is 0 Å². The molecule has 0 aliphatic carbocycles. The molecule has 0 saturated heterocycles. The molecule has 282 valence electrons. The van der Waals surface area contributed by atoms with Crippen molar-refractivity contribution in [3.8, 4) is 55.6 Å². The Hall–Kier alpha value is -7.94. The molecule has 0 amide bonds. The summed E-state index contributed by atoms with van der Waals surface area (Å²) in [6.45, 7) is 0. The summed E-state index contributed by atoms with van der Waals surface area (Å²) >= 11 is 0. The fourth-order valence-corrected chi connectivity index (χ4v) is 8.79. The Kier molecular flexibility index (Phi) is 8.87. The quantitative estimate of drug-likeness (QED) is 0.153. The Morgan fingerprint density at radius 2 is 0.817 bits per heavy atom. The lowest BCUT2D eigenvalue weighted by Gasteiger charge is -2.28. The largest absolute Gasteiger partial charge is 0.456 e. The van der Waals surface area contributed by atoms with E-state index in [2.05, 4.69) is 229 Å². The highest BCUT2D eigenvalue weighted by Gasteiger charge is 2.19. The highest BCUT2D eigenvalue weighted by atomic mass is 16.3. The third-order valence-electron chi connectivity index (χ3n) is 11.7. The molecule has 0 unspecified atom stereocenters. The highest BCUT2D eigenvalue weighted by molar-refractivity contribution is 6.12. The lowest BCUT2D eigenvalue weighted by atomic mass is 9.95. The normalized spacial score (nSPS) is 11.3. The van der Waals surface area contributed by atoms with Crippen LogP contribution in [0.3, 0.4) is 0 Å². The van der Waals surface area contributed by atoms with Gasteiger partial charge in [0, 0.05) is 27.7 Å². The summed E-state index contributed by atoms with van der Waals surface area (Å²) in [6, 6.07) is 84.9. The number of hydrogen-bond acceptors (Lipinski definition) is 2. The van der Waals surface area contributed by atoms with Crippen molar-refractivity contribution in [3.05, 3.63) is 237 Å². The van der Waals surface area contributed by atoms with E-state index in [1.165, 1.54) is 38.6 Å². The minimum atomic E-state index is 0.896. The maximum atomic E-state index is 6.27. The van der Waals surface area contributed by atoms with E-state index in [0.29, 0.717) is 0 Å². The minimum Gasteiger partial charge on any atom is -0.456 e. The van der Waals surface area contributed by atoms with E-state index in [1.807, 2.05) is 12.1 Å². The van der Waals surface area contributed by atoms with Crippen LogP contribution in [0.2, 0.25) is 0 Å². The van der Waals surface area contributed by atoms with E-state index >= 15 is 0 Å². The second kappa shape index (κ2) is 15.1. The van der Waals surface area contributed by atoms with Gasteiger partial charge in [-0.2, -0.15) is 0 Å². The van der Waals surface area contributed by atoms with Crippen LogP contribution >= 0.6 is 0 Å². The molecule has 0 radical (unpaired) electrons. The molecule has 0 N–H and O–H groups in total. The number of hydrogen-bond donors (Lipinski definition) is 0. The predicted molar refractivity (Wildman–Crippen MR) is 253 cm³/mol. The van der Waals surface area contributed by atoms with Crippen LogP contribution in [0, 0.1) is 0 Å². The van der Waals surface area contributed by atoms with Gasteiger partial charge >= 0.3 is 0 Å². The zero-order chi connectivity index (χ0) is 39.8. The average Bonchev–Trinajstić information content (AvgIpc) is 3.72. The van der Waals surface area contributed by atoms with Gasteiger partial charge in [0.2, 0.25) is 0 Å². The maximum absolute atomic E-state index is 6.27. The molecule has 10 aromatic carbocycles. The van der Waals surface area contributed by atoms with Gasteiger partial charge in [-0.15, -0.1) is 0 Å². The first-order valence-electron chi connectivity index (χ1n) is 20.5. The van der Waals surface area contributed by atoms with E-state index in [-0.39, 0.29) is 0 Å². The van der Waals surface area contributed by atoms with Crippen LogP contribution in [0.5, 0.6) is 0 Å². The summed E-state index contributed by atoms with van der Waals surface area (Å²) < 4.78 is 6.27. The molecule has 0 atom stereocenters. The van der Waals surface area contributed by atoms with Crippen molar-refractivity contribution < 1.29 is 4.42 Å². The highest BCUT2D eigenvalue weighted by Crippen LogP contribution is 2.44. The molecule has 0 bridgehead atoms. The fraction of sp³-hybridized carbons (Fsp3) is 0. The number of para-hydroxylation sites is 2. The van der Waals surface area contributed by atoms with Gasteiger partial charge in [-0.3, -0.25) is 0 Å². The molecule has 11 rings (SSSR count). The Bertz CT molecular complexity index is 3300. The van der Waals surface area contributed by atoms with Crippen molar-refractivity contribution in [1.82, 2.24) is 0 Å². The summed E-state index contributed by atoms with van der Waals surface area (Å²) in [5.41, 5.74) is 16.8. The average molecular weight is 766 g/mol. The van der Waals surface area contributed by atoms with E-state index in [0.717, 1.165) is 66.8 Å². The summed E-state index contributed by atoms with van der Waals surface area (Å²) in [5.74, 6) is 0. The lowest BCUT2D eigenvalue weighted by Crippen LogP contribution is -2.11. The molecule has 0 fully saturated rings. The summed E-state index contributed by atoms with van der Waals surface area (Å²) in [5, 5.41) is 4.76. The number of anilines is 3. The number of benzene rings is 10. The van der Waals surface area contributed by atoms with E-state index in [1.54, 1.807) is 0 Å². The van der Waals surface area contributed by atoms with Gasteiger partial charge in [0.15, 0.2) is 0 Å². The van der Waals surface area contributed by atoms with Crippen LogP contribution in [0.25, 0.3) is 88.3 Å². The number of furan rings is 1. The zero-order valence-electron chi connectivity index (χ0n) is 32.9. The SMILES string of the molecule is c1ccc(-c2ccc(-c3ccccc3N(c3ccc(-c4cccc5oc6ccccc6c45)cc3)c3cccc(-c4cccc(-c5cccc6ccccc56)c4)c3)cc2)cc1. The van der Waals surface area contributed by atoms with Gasteiger partial charge in [-0.25, -0.2) is 0 Å². The van der Waals surface area contributed by atoms with Crippen LogP contribution in [-0.4, -0.2) is 0 Å². The molecule has 60 heavy (non-hydrogen) atoms. The minimum absolute atomic E-state index is 0.896. The van der Waals surface area contributed by atoms with Crippen LogP contribution in [0.1, 0.15) is 0 Å². The van der Waals surface area contributed by atoms with Gasteiger partial charge in [0.25, 0.3) is 0 Å². The molecule has 0 aliphatic rings. The van der Waals surface area contributed by atoms with Gasteiger partial charge in [0.1, 0.15) is 11.2 Å². The van der Waals surface area contributed by atoms with Crippen molar-refractivity contribution in [2.24, 2.45) is 0 Å². The summed E-state index contributed by atoms with van der Waals surface area (Å²) in [4.78, 5) is 2.40. The fourth-order valence-electron chi connectivity index (χ4n) is 8.79. The van der Waals surface area contributed by atoms with Crippen LogP contribution in [0.4, 0.5) is 17.1 Å². The third kappa shape index (κ3) is 6.41. The number of nitrogens with zero attached hydrogens (tertiary/aromatic N) is 1. The van der Waals surface area contributed by atoms with E-state index < -0.39 is 0 Å². The third-order valence-corrected chi connectivity index (χ3v) is 11.7. The smallest absolute Gasteiger partial charge is 0.136 e. The number of rotatable bonds is 8. The first-order chi connectivity index (χ1) is 29.7. The molecule has 11 aromatic rings. The molecule has 2 heteroatoms. The molecule has 0 spiro atoms. The molecule has 2 nitrogen and oxygen atoms in total. The molecule has 1 aromatic heterocycles. The maximum Gasteiger partial charge on any atom is 0.136 e. The second-order valence-corrected chi connectivity index (χ2v) is 15.3. The predicted octanol–water partition coefficient (Wildman–Crippen LogP) is 16.5. The summed E-state index contributed by atoms with van der Waals surface area (Å²) in [7, 11) is 0. The van der Waals surface area contributed by atoms with Crippen molar-refractivity contribution >= 4 is 49.8 Å². The van der Waals surface area contributed by atoms with Crippen LogP contribution in [0.15, 0.2) is 241 Å². The first kappa shape index (κ1) is 35.2.